The molecule has 0 radical (unpaired) electrons. The van der Waals surface area contributed by atoms with Crippen LogP contribution in [0.15, 0.2) is 29.3 Å². The Labute approximate surface area is 110 Å². The van der Waals surface area contributed by atoms with Gasteiger partial charge < -0.3 is 5.73 Å². The van der Waals surface area contributed by atoms with Crippen molar-refractivity contribution >= 4 is 21.5 Å². The molecule has 0 amide bonds. The van der Waals surface area contributed by atoms with Gasteiger partial charge in [0.1, 0.15) is 10.7 Å². The highest BCUT2D eigenvalue weighted by molar-refractivity contribution is 7.92. The molecule has 0 aliphatic heterocycles. The Balaban J connectivity index is 2.39. The molecule has 6 nitrogen and oxygen atoms in total. The summed E-state index contributed by atoms with van der Waals surface area (Å²) in [5.74, 6) is -0.784. The fourth-order valence-electron chi connectivity index (χ4n) is 1.59. The monoisotopic (exact) mass is 284 g/mol. The van der Waals surface area contributed by atoms with Crippen molar-refractivity contribution in [3.8, 4) is 0 Å². The van der Waals surface area contributed by atoms with E-state index in [-0.39, 0.29) is 16.4 Å². The summed E-state index contributed by atoms with van der Waals surface area (Å²) >= 11 is 0. The van der Waals surface area contributed by atoms with Gasteiger partial charge in [-0.15, -0.1) is 0 Å². The van der Waals surface area contributed by atoms with Crippen LogP contribution in [0.4, 0.5) is 15.9 Å². The van der Waals surface area contributed by atoms with Crippen LogP contribution >= 0.6 is 0 Å². The average Bonchev–Trinajstić information content (AvgIpc) is 2.63. The summed E-state index contributed by atoms with van der Waals surface area (Å²) in [6.45, 7) is 1.71. The van der Waals surface area contributed by atoms with Gasteiger partial charge in [0.05, 0.1) is 5.69 Å². The Hall–Kier alpha value is -2.09. The lowest BCUT2D eigenvalue weighted by Gasteiger charge is -2.08. The maximum atomic E-state index is 13.6. The minimum Gasteiger partial charge on any atom is -0.381 e. The minimum absolute atomic E-state index is 0.131. The molecule has 1 aromatic carbocycles. The van der Waals surface area contributed by atoms with Gasteiger partial charge in [-0.3, -0.25) is 9.40 Å². The number of aryl methyl sites for hydroxylation is 2. The highest BCUT2D eigenvalue weighted by atomic mass is 32.2. The second-order valence-corrected chi connectivity index (χ2v) is 5.79. The third-order valence-electron chi connectivity index (χ3n) is 2.48. The first-order chi connectivity index (χ1) is 8.79. The first kappa shape index (κ1) is 13.3. The number of nitrogens with two attached hydrogens (primary N) is 1. The third kappa shape index (κ3) is 2.68. The second-order valence-electron chi connectivity index (χ2n) is 4.14. The first-order valence-corrected chi connectivity index (χ1v) is 6.86. The fourth-order valence-corrected chi connectivity index (χ4v) is 2.77. The molecule has 0 atom stereocenters. The Morgan fingerprint density at radius 2 is 2.11 bits per heavy atom. The summed E-state index contributed by atoms with van der Waals surface area (Å²) in [7, 11) is -2.41. The Bertz CT molecular complexity index is 724. The smallest absolute Gasteiger partial charge is 0.267 e. The van der Waals surface area contributed by atoms with Crippen molar-refractivity contribution in [1.82, 2.24) is 9.78 Å². The lowest BCUT2D eigenvalue weighted by atomic mass is 10.2. The van der Waals surface area contributed by atoms with Gasteiger partial charge in [0.15, 0.2) is 5.82 Å². The Kier molecular flexibility index (Phi) is 3.19. The number of nitrogens with one attached hydrogen (secondary N) is 1. The van der Waals surface area contributed by atoms with Gasteiger partial charge in [-0.05, 0) is 24.6 Å². The van der Waals surface area contributed by atoms with Crippen LogP contribution in [-0.2, 0) is 17.1 Å². The maximum Gasteiger partial charge on any atom is 0.267 e. The number of nitrogens with zero attached hydrogens (tertiary/aromatic N) is 2. The van der Waals surface area contributed by atoms with Gasteiger partial charge in [-0.2, -0.15) is 5.10 Å². The van der Waals surface area contributed by atoms with Crippen LogP contribution in [0.25, 0.3) is 0 Å². The lowest BCUT2D eigenvalue weighted by molar-refractivity contribution is 0.598. The zero-order valence-corrected chi connectivity index (χ0v) is 11.2. The summed E-state index contributed by atoms with van der Waals surface area (Å²) in [5.41, 5.74) is 6.06. The minimum atomic E-state index is -3.96. The van der Waals surface area contributed by atoms with Crippen molar-refractivity contribution < 1.29 is 12.8 Å². The largest absolute Gasteiger partial charge is 0.381 e. The SMILES string of the molecule is Cc1ccc(NS(=O)(=O)c2cn(C)nc2N)c(F)c1. The van der Waals surface area contributed by atoms with Crippen molar-refractivity contribution in [1.29, 1.82) is 0 Å². The van der Waals surface area contributed by atoms with Gasteiger partial charge >= 0.3 is 0 Å². The average molecular weight is 284 g/mol. The van der Waals surface area contributed by atoms with Crippen LogP contribution < -0.4 is 10.5 Å². The molecule has 0 aliphatic carbocycles. The normalized spacial score (nSPS) is 11.5. The molecule has 0 bridgehead atoms. The van der Waals surface area contributed by atoms with Crippen LogP contribution in [-0.4, -0.2) is 18.2 Å². The molecular weight excluding hydrogens is 271 g/mol. The molecule has 0 fully saturated rings. The quantitative estimate of drug-likeness (QED) is 0.887. The Morgan fingerprint density at radius 3 is 2.63 bits per heavy atom. The number of nitrogen functional groups attached to an aromatic ring is 1. The number of aromatic nitrogens is 2. The number of benzene rings is 1. The molecule has 3 N–H and O–H groups in total. The lowest BCUT2D eigenvalue weighted by Crippen LogP contribution is -2.14. The summed E-state index contributed by atoms with van der Waals surface area (Å²) < 4.78 is 41.2. The van der Waals surface area contributed by atoms with Gasteiger partial charge in [-0.1, -0.05) is 6.07 Å². The molecule has 102 valence electrons. The molecule has 0 saturated carbocycles. The third-order valence-corrected chi connectivity index (χ3v) is 3.86. The van der Waals surface area contributed by atoms with E-state index < -0.39 is 15.8 Å². The molecule has 0 aliphatic rings. The molecular formula is C11H13FN4O2S. The number of hydrogen-bond acceptors (Lipinski definition) is 4. The molecule has 1 heterocycles. The predicted molar refractivity (Wildman–Crippen MR) is 69.6 cm³/mol. The Morgan fingerprint density at radius 1 is 1.42 bits per heavy atom. The standard InChI is InChI=1S/C11H13FN4O2S/c1-7-3-4-9(8(12)5-7)15-19(17,18)10-6-16(2)14-11(10)13/h3-6,15H,1-2H3,(H2,13,14). The van der Waals surface area contributed by atoms with Crippen LogP contribution in [0.2, 0.25) is 0 Å². The number of halogens is 1. The first-order valence-electron chi connectivity index (χ1n) is 5.37. The van der Waals surface area contributed by atoms with Crippen LogP contribution in [0.3, 0.4) is 0 Å². The van der Waals surface area contributed by atoms with E-state index in [9.17, 15) is 12.8 Å². The highest BCUT2D eigenvalue weighted by Gasteiger charge is 2.21. The molecule has 0 saturated heterocycles. The van der Waals surface area contributed by atoms with E-state index in [2.05, 4.69) is 9.82 Å². The van der Waals surface area contributed by atoms with Crippen LogP contribution in [0.5, 0.6) is 0 Å². The van der Waals surface area contributed by atoms with Crippen LogP contribution in [0.1, 0.15) is 5.56 Å². The van der Waals surface area contributed by atoms with Crippen molar-refractivity contribution in [2.75, 3.05) is 10.5 Å². The summed E-state index contributed by atoms with van der Waals surface area (Å²) in [4.78, 5) is -0.185. The highest BCUT2D eigenvalue weighted by Crippen LogP contribution is 2.22. The molecule has 1 aromatic heterocycles. The fraction of sp³-hybridized carbons (Fsp3) is 0.182. The van der Waals surface area contributed by atoms with Crippen molar-refractivity contribution in [3.05, 3.63) is 35.8 Å². The zero-order valence-electron chi connectivity index (χ0n) is 10.4. The topological polar surface area (TPSA) is 90.0 Å². The van der Waals surface area contributed by atoms with E-state index in [4.69, 9.17) is 5.73 Å². The summed E-state index contributed by atoms with van der Waals surface area (Å²) in [5, 5.41) is 3.74. The van der Waals surface area contributed by atoms with Gasteiger partial charge in [0, 0.05) is 13.2 Å². The van der Waals surface area contributed by atoms with E-state index in [0.29, 0.717) is 5.56 Å². The number of anilines is 2. The van der Waals surface area contributed by atoms with Crippen molar-refractivity contribution in [3.63, 3.8) is 0 Å². The van der Waals surface area contributed by atoms with Crippen LogP contribution in [0, 0.1) is 12.7 Å². The molecule has 8 heteroatoms. The van der Waals surface area contributed by atoms with E-state index in [0.717, 1.165) is 0 Å². The van der Waals surface area contributed by atoms with Crippen molar-refractivity contribution in [2.45, 2.75) is 11.8 Å². The van der Waals surface area contributed by atoms with Crippen molar-refractivity contribution in [2.24, 2.45) is 7.05 Å². The summed E-state index contributed by atoms with van der Waals surface area (Å²) in [6, 6.07) is 4.20. The van der Waals surface area contributed by atoms with E-state index in [1.54, 1.807) is 20.0 Å². The molecule has 0 unspecified atom stereocenters. The van der Waals surface area contributed by atoms with Gasteiger partial charge in [0.2, 0.25) is 0 Å². The predicted octanol–water partition coefficient (Wildman–Crippen LogP) is 1.25. The van der Waals surface area contributed by atoms with Gasteiger partial charge in [0.25, 0.3) is 10.0 Å². The number of rotatable bonds is 3. The second kappa shape index (κ2) is 4.54. The summed E-state index contributed by atoms with van der Waals surface area (Å²) in [6.07, 6.45) is 1.25. The van der Waals surface area contributed by atoms with E-state index in [1.807, 2.05) is 0 Å². The van der Waals surface area contributed by atoms with Gasteiger partial charge in [-0.25, -0.2) is 12.8 Å². The molecule has 2 rings (SSSR count). The van der Waals surface area contributed by atoms with E-state index in [1.165, 1.54) is 23.0 Å². The molecule has 2 aromatic rings. The number of hydrogen-bond donors (Lipinski definition) is 2. The zero-order chi connectivity index (χ0) is 14.2. The molecule has 0 spiro atoms. The number of sulfonamides is 1. The van der Waals surface area contributed by atoms with E-state index >= 15 is 0 Å². The maximum absolute atomic E-state index is 13.6. The molecule has 19 heavy (non-hydrogen) atoms.